The van der Waals surface area contributed by atoms with Crippen molar-refractivity contribution in [2.45, 2.75) is 24.5 Å². The summed E-state index contributed by atoms with van der Waals surface area (Å²) in [6.07, 6.45) is -0.136. The van der Waals surface area contributed by atoms with Crippen molar-refractivity contribution >= 4 is 37.3 Å². The van der Waals surface area contributed by atoms with Crippen LogP contribution in [0.4, 0.5) is 0 Å². The smallest absolute Gasteiger partial charge is 0.242 e. The van der Waals surface area contributed by atoms with Gasteiger partial charge in [-0.05, 0) is 28.5 Å². The first-order valence-electron chi connectivity index (χ1n) is 6.69. The monoisotopic (exact) mass is 398 g/mol. The van der Waals surface area contributed by atoms with Gasteiger partial charge in [-0.25, -0.2) is 13.1 Å². The Morgan fingerprint density at radius 3 is 3.00 bits per heavy atom. The van der Waals surface area contributed by atoms with Gasteiger partial charge < -0.3 is 9.84 Å². The third kappa shape index (κ3) is 4.47. The summed E-state index contributed by atoms with van der Waals surface area (Å²) in [5.41, 5.74) is 0. The number of sulfonamides is 1. The lowest BCUT2D eigenvalue weighted by Gasteiger charge is -2.32. The zero-order valence-electron chi connectivity index (χ0n) is 11.7. The molecule has 0 bridgehead atoms. The molecule has 0 spiro atoms. The highest BCUT2D eigenvalue weighted by Crippen LogP contribution is 2.31. The van der Waals surface area contributed by atoms with Crippen molar-refractivity contribution in [1.29, 1.82) is 0 Å². The van der Waals surface area contributed by atoms with E-state index >= 15 is 0 Å². The van der Waals surface area contributed by atoms with Crippen LogP contribution >= 0.6 is 27.3 Å². The van der Waals surface area contributed by atoms with E-state index in [1.54, 1.807) is 0 Å². The molecule has 6 nitrogen and oxygen atoms in total. The second-order valence-corrected chi connectivity index (χ2v) is 8.94. The quantitative estimate of drug-likeness (QED) is 0.747. The van der Waals surface area contributed by atoms with Gasteiger partial charge in [-0.15, -0.1) is 11.3 Å². The average molecular weight is 399 g/mol. The first-order chi connectivity index (χ1) is 9.96. The molecule has 1 saturated heterocycles. The third-order valence-corrected chi connectivity index (χ3v) is 6.98. The van der Waals surface area contributed by atoms with Crippen LogP contribution in [0.5, 0.6) is 0 Å². The van der Waals surface area contributed by atoms with E-state index in [2.05, 4.69) is 32.5 Å². The first-order valence-corrected chi connectivity index (χ1v) is 9.78. The lowest BCUT2D eigenvalue weighted by molar-refractivity contribution is -0.0229. The van der Waals surface area contributed by atoms with Crippen molar-refractivity contribution < 1.29 is 18.3 Å². The van der Waals surface area contributed by atoms with Crippen molar-refractivity contribution in [3.63, 3.8) is 0 Å². The molecule has 1 fully saturated rings. The lowest BCUT2D eigenvalue weighted by atomic mass is 10.3. The number of nitrogens with zero attached hydrogens (tertiary/aromatic N) is 1. The number of aliphatic hydroxyl groups excluding tert-OH is 1. The summed E-state index contributed by atoms with van der Waals surface area (Å²) in [7, 11) is -3.60. The third-order valence-electron chi connectivity index (χ3n) is 3.32. The van der Waals surface area contributed by atoms with Crippen LogP contribution in [0.3, 0.4) is 0 Å². The predicted octanol–water partition coefficient (Wildman–Crippen LogP) is 1.00. The van der Waals surface area contributed by atoms with Crippen LogP contribution in [0.15, 0.2) is 14.7 Å². The van der Waals surface area contributed by atoms with Crippen molar-refractivity contribution in [2.75, 3.05) is 32.8 Å². The Morgan fingerprint density at radius 2 is 2.38 bits per heavy atom. The molecular weight excluding hydrogens is 380 g/mol. The van der Waals surface area contributed by atoms with Crippen LogP contribution in [0, 0.1) is 0 Å². The fourth-order valence-electron chi connectivity index (χ4n) is 2.13. The normalized spacial score (nSPS) is 20.8. The van der Waals surface area contributed by atoms with E-state index < -0.39 is 10.0 Å². The van der Waals surface area contributed by atoms with E-state index in [9.17, 15) is 8.42 Å². The van der Waals surface area contributed by atoms with Crippen LogP contribution in [-0.4, -0.2) is 57.3 Å². The number of hydrogen-bond donors (Lipinski definition) is 2. The summed E-state index contributed by atoms with van der Waals surface area (Å²) in [6, 6.07) is 1.48. The Bertz CT molecular complexity index is 576. The number of likely N-dealkylation sites (N-methyl/N-ethyl adjacent to an activating group) is 1. The molecule has 2 heterocycles. The highest BCUT2D eigenvalue weighted by atomic mass is 79.9. The van der Waals surface area contributed by atoms with Gasteiger partial charge in [0.2, 0.25) is 10.0 Å². The number of halogens is 1. The Morgan fingerprint density at radius 1 is 1.62 bits per heavy atom. The van der Waals surface area contributed by atoms with E-state index in [1.165, 1.54) is 17.4 Å². The topological polar surface area (TPSA) is 78.9 Å². The highest BCUT2D eigenvalue weighted by Gasteiger charge is 2.24. The van der Waals surface area contributed by atoms with Gasteiger partial charge in [0, 0.05) is 24.5 Å². The summed E-state index contributed by atoms with van der Waals surface area (Å²) < 4.78 is 33.2. The molecule has 1 atom stereocenters. The van der Waals surface area contributed by atoms with E-state index in [1.807, 2.05) is 0 Å². The van der Waals surface area contributed by atoms with Gasteiger partial charge in [-0.1, -0.05) is 6.92 Å². The molecule has 120 valence electrons. The van der Waals surface area contributed by atoms with Crippen molar-refractivity contribution in [3.05, 3.63) is 14.7 Å². The average Bonchev–Trinajstić information content (AvgIpc) is 2.87. The molecule has 9 heteroatoms. The fraction of sp³-hybridized carbons (Fsp3) is 0.667. The molecule has 1 unspecified atom stereocenters. The lowest BCUT2D eigenvalue weighted by Crippen LogP contribution is -2.47. The molecule has 1 aliphatic heterocycles. The zero-order chi connectivity index (χ0) is 15.5. The molecule has 1 aromatic rings. The minimum Gasteiger partial charge on any atom is -0.391 e. The van der Waals surface area contributed by atoms with Crippen LogP contribution in [0.1, 0.15) is 11.8 Å². The second kappa shape index (κ2) is 7.49. The minimum absolute atomic E-state index is 0.136. The molecule has 1 aliphatic rings. The SMILES string of the molecule is CCN1CCOC(CNS(=O)(=O)c2cc(CO)sc2Br)C1. The van der Waals surface area contributed by atoms with E-state index in [-0.39, 0.29) is 24.2 Å². The number of nitrogens with one attached hydrogen (secondary N) is 1. The van der Waals surface area contributed by atoms with Gasteiger partial charge >= 0.3 is 0 Å². The van der Waals surface area contributed by atoms with Crippen LogP contribution in [-0.2, 0) is 21.4 Å². The number of aliphatic hydroxyl groups is 1. The van der Waals surface area contributed by atoms with E-state index in [0.29, 0.717) is 15.3 Å². The molecule has 0 aromatic carbocycles. The number of hydrogen-bond acceptors (Lipinski definition) is 6. The van der Waals surface area contributed by atoms with Gasteiger partial charge in [0.25, 0.3) is 0 Å². The number of thiophene rings is 1. The number of rotatable bonds is 6. The minimum atomic E-state index is -3.60. The molecule has 0 aliphatic carbocycles. The standard InChI is InChI=1S/C12H19BrN2O4S2/c1-2-15-3-4-19-9(7-15)6-14-21(17,18)11-5-10(8-16)20-12(11)13/h5,9,14,16H,2-4,6-8H2,1H3. The summed E-state index contributed by atoms with van der Waals surface area (Å²) in [6.45, 7) is 5.32. The van der Waals surface area contributed by atoms with Crippen molar-refractivity contribution in [1.82, 2.24) is 9.62 Å². The summed E-state index contributed by atoms with van der Waals surface area (Å²) in [4.78, 5) is 3.00. The van der Waals surface area contributed by atoms with E-state index in [0.717, 1.165) is 19.6 Å². The van der Waals surface area contributed by atoms with Gasteiger partial charge in [0.15, 0.2) is 0 Å². The van der Waals surface area contributed by atoms with Crippen molar-refractivity contribution in [2.24, 2.45) is 0 Å². The van der Waals surface area contributed by atoms with Crippen LogP contribution in [0.25, 0.3) is 0 Å². The maximum absolute atomic E-state index is 12.3. The predicted molar refractivity (Wildman–Crippen MR) is 85.0 cm³/mol. The summed E-state index contributed by atoms with van der Waals surface area (Å²) in [5.74, 6) is 0. The molecular formula is C12H19BrN2O4S2. The Kier molecular flexibility index (Phi) is 6.18. The van der Waals surface area contributed by atoms with E-state index in [4.69, 9.17) is 9.84 Å². The molecule has 21 heavy (non-hydrogen) atoms. The van der Waals surface area contributed by atoms with Crippen LogP contribution < -0.4 is 4.72 Å². The van der Waals surface area contributed by atoms with Gasteiger partial charge in [0.05, 0.1) is 23.1 Å². The number of ether oxygens (including phenoxy) is 1. The zero-order valence-corrected chi connectivity index (χ0v) is 14.9. The van der Waals surface area contributed by atoms with Gasteiger partial charge in [-0.2, -0.15) is 0 Å². The van der Waals surface area contributed by atoms with Crippen molar-refractivity contribution in [3.8, 4) is 0 Å². The Balaban J connectivity index is 1.99. The molecule has 0 radical (unpaired) electrons. The maximum atomic E-state index is 12.3. The highest BCUT2D eigenvalue weighted by molar-refractivity contribution is 9.11. The molecule has 0 amide bonds. The molecule has 0 saturated carbocycles. The van der Waals surface area contributed by atoms with Gasteiger partial charge in [-0.3, -0.25) is 4.90 Å². The van der Waals surface area contributed by atoms with Crippen LogP contribution in [0.2, 0.25) is 0 Å². The Labute approximate surface area is 137 Å². The maximum Gasteiger partial charge on any atom is 0.242 e. The second-order valence-electron chi connectivity index (χ2n) is 4.75. The largest absolute Gasteiger partial charge is 0.391 e. The number of morpholine rings is 1. The molecule has 2 rings (SSSR count). The summed E-state index contributed by atoms with van der Waals surface area (Å²) in [5, 5.41) is 9.08. The molecule has 2 N–H and O–H groups in total. The summed E-state index contributed by atoms with van der Waals surface area (Å²) >= 11 is 4.44. The first kappa shape index (κ1) is 17.3. The van der Waals surface area contributed by atoms with Gasteiger partial charge in [0.1, 0.15) is 4.90 Å². The Hall–Kier alpha value is -0.0300. The fourth-order valence-corrected chi connectivity index (χ4v) is 5.74. The molecule has 1 aromatic heterocycles.